The summed E-state index contributed by atoms with van der Waals surface area (Å²) in [5.41, 5.74) is 5.08. The van der Waals surface area contributed by atoms with Gasteiger partial charge in [0.05, 0.1) is 24.6 Å². The summed E-state index contributed by atoms with van der Waals surface area (Å²) >= 11 is 0. The van der Waals surface area contributed by atoms with Crippen LogP contribution in [0.15, 0.2) is 21.9 Å². The minimum absolute atomic E-state index is 0.0463. The molecule has 0 radical (unpaired) electrons. The standard InChI is InChI=1S/C10H15N5O4/c1-6(14-9-5-18-9)15(19-7(2)16)4-8(3-13-12)10(11)17/h3-4,9H,5,12H2,1-2H3,(H2,11,17)/b8-4+,13-3+,14-6-. The van der Waals surface area contributed by atoms with Crippen molar-refractivity contribution in [2.24, 2.45) is 21.7 Å². The van der Waals surface area contributed by atoms with E-state index in [4.69, 9.17) is 21.2 Å². The first kappa shape index (κ1) is 14.6. The van der Waals surface area contributed by atoms with Crippen LogP contribution in [0.25, 0.3) is 0 Å². The van der Waals surface area contributed by atoms with Crippen molar-refractivity contribution in [3.8, 4) is 0 Å². The molecule has 1 saturated heterocycles. The molecule has 9 heteroatoms. The molecular formula is C10H15N5O4. The Morgan fingerprint density at radius 2 is 2.11 bits per heavy atom. The molecule has 0 saturated carbocycles. The third kappa shape index (κ3) is 5.17. The third-order valence-electron chi connectivity index (χ3n) is 1.95. The first-order valence-electron chi connectivity index (χ1n) is 5.32. The lowest BCUT2D eigenvalue weighted by Gasteiger charge is -2.18. The molecule has 1 unspecified atom stereocenters. The van der Waals surface area contributed by atoms with Crippen LogP contribution in [-0.2, 0) is 19.2 Å². The first-order chi connectivity index (χ1) is 8.93. The lowest BCUT2D eigenvalue weighted by molar-refractivity contribution is -0.162. The zero-order valence-corrected chi connectivity index (χ0v) is 10.6. The highest BCUT2D eigenvalue weighted by Crippen LogP contribution is 2.12. The Labute approximate surface area is 109 Å². The minimum Gasteiger partial charge on any atom is -0.365 e. The van der Waals surface area contributed by atoms with Crippen molar-refractivity contribution >= 4 is 23.9 Å². The van der Waals surface area contributed by atoms with E-state index < -0.39 is 11.9 Å². The summed E-state index contributed by atoms with van der Waals surface area (Å²) in [6.07, 6.45) is 1.95. The molecule has 1 aliphatic heterocycles. The van der Waals surface area contributed by atoms with Gasteiger partial charge in [-0.3, -0.25) is 4.79 Å². The average Bonchev–Trinajstić information content (AvgIpc) is 3.10. The van der Waals surface area contributed by atoms with Crippen molar-refractivity contribution in [3.63, 3.8) is 0 Å². The number of amides is 1. The number of rotatable bonds is 4. The molecular weight excluding hydrogens is 254 g/mol. The zero-order chi connectivity index (χ0) is 14.4. The smallest absolute Gasteiger partial charge is 0.329 e. The Balaban J connectivity index is 2.97. The van der Waals surface area contributed by atoms with Crippen molar-refractivity contribution in [3.05, 3.63) is 11.8 Å². The monoisotopic (exact) mass is 269 g/mol. The lowest BCUT2D eigenvalue weighted by Crippen LogP contribution is -2.29. The second-order valence-corrected chi connectivity index (χ2v) is 3.60. The number of nitrogens with two attached hydrogens (primary N) is 2. The number of primary amides is 1. The molecule has 0 bridgehead atoms. The van der Waals surface area contributed by atoms with Gasteiger partial charge in [0.1, 0.15) is 5.84 Å². The van der Waals surface area contributed by atoms with Crippen LogP contribution >= 0.6 is 0 Å². The van der Waals surface area contributed by atoms with Gasteiger partial charge < -0.3 is 21.2 Å². The van der Waals surface area contributed by atoms with Gasteiger partial charge in [0.2, 0.25) is 0 Å². The van der Waals surface area contributed by atoms with Crippen LogP contribution in [0.2, 0.25) is 0 Å². The van der Waals surface area contributed by atoms with Gasteiger partial charge in [0.15, 0.2) is 6.23 Å². The third-order valence-corrected chi connectivity index (χ3v) is 1.95. The van der Waals surface area contributed by atoms with Gasteiger partial charge in [-0.05, 0) is 6.92 Å². The normalized spacial score (nSPS) is 19.4. The van der Waals surface area contributed by atoms with E-state index in [1.807, 2.05) is 0 Å². The van der Waals surface area contributed by atoms with E-state index in [0.717, 1.165) is 11.3 Å². The maximum Gasteiger partial charge on any atom is 0.329 e. The zero-order valence-electron chi connectivity index (χ0n) is 10.6. The summed E-state index contributed by atoms with van der Waals surface area (Å²) in [5.74, 6) is 3.91. The van der Waals surface area contributed by atoms with E-state index in [2.05, 4.69) is 10.1 Å². The maximum absolute atomic E-state index is 11.1. The van der Waals surface area contributed by atoms with Crippen LogP contribution in [0, 0.1) is 0 Å². The number of ether oxygens (including phenoxy) is 1. The van der Waals surface area contributed by atoms with Crippen LogP contribution in [0.4, 0.5) is 0 Å². The summed E-state index contributed by atoms with van der Waals surface area (Å²) in [4.78, 5) is 31.1. The predicted molar refractivity (Wildman–Crippen MR) is 66.4 cm³/mol. The lowest BCUT2D eigenvalue weighted by atomic mass is 10.3. The average molecular weight is 269 g/mol. The quantitative estimate of drug-likeness (QED) is 0.165. The number of carbonyl (C=O) groups is 2. The van der Waals surface area contributed by atoms with Gasteiger partial charge in [-0.1, -0.05) is 0 Å². The summed E-state index contributed by atoms with van der Waals surface area (Å²) in [5, 5.41) is 4.20. The molecule has 1 amide bonds. The molecule has 0 aliphatic carbocycles. The Morgan fingerprint density at radius 3 is 2.53 bits per heavy atom. The number of epoxide rings is 1. The van der Waals surface area contributed by atoms with Crippen molar-refractivity contribution in [2.45, 2.75) is 20.1 Å². The largest absolute Gasteiger partial charge is 0.365 e. The van der Waals surface area contributed by atoms with Crippen LogP contribution in [0.3, 0.4) is 0 Å². The van der Waals surface area contributed by atoms with E-state index >= 15 is 0 Å². The Bertz CT molecular complexity index is 453. The van der Waals surface area contributed by atoms with E-state index in [1.165, 1.54) is 13.1 Å². The van der Waals surface area contributed by atoms with E-state index in [1.54, 1.807) is 6.92 Å². The fourth-order valence-corrected chi connectivity index (χ4v) is 1.07. The fraction of sp³-hybridized carbons (Fsp3) is 0.400. The number of aliphatic imine (C=N–C) groups is 1. The molecule has 1 rings (SSSR count). The van der Waals surface area contributed by atoms with E-state index in [0.29, 0.717) is 12.4 Å². The fourth-order valence-electron chi connectivity index (χ4n) is 1.07. The van der Waals surface area contributed by atoms with Crippen molar-refractivity contribution in [1.82, 2.24) is 5.06 Å². The Hall–Kier alpha value is -2.42. The molecule has 1 aliphatic rings. The predicted octanol–water partition coefficient (Wildman–Crippen LogP) is -1.15. The molecule has 104 valence electrons. The highest BCUT2D eigenvalue weighted by Gasteiger charge is 2.23. The number of amidine groups is 1. The molecule has 19 heavy (non-hydrogen) atoms. The Morgan fingerprint density at radius 1 is 1.47 bits per heavy atom. The topological polar surface area (TPSA) is 136 Å². The number of hydrogen-bond acceptors (Lipinski definition) is 7. The van der Waals surface area contributed by atoms with Crippen LogP contribution in [0.1, 0.15) is 13.8 Å². The second-order valence-electron chi connectivity index (χ2n) is 3.60. The van der Waals surface area contributed by atoms with Crippen LogP contribution in [0.5, 0.6) is 0 Å². The molecule has 4 N–H and O–H groups in total. The molecule has 1 heterocycles. The van der Waals surface area contributed by atoms with Crippen LogP contribution in [-0.4, -0.2) is 41.8 Å². The van der Waals surface area contributed by atoms with Gasteiger partial charge >= 0.3 is 5.97 Å². The molecule has 1 atom stereocenters. The minimum atomic E-state index is -0.776. The van der Waals surface area contributed by atoms with E-state index in [-0.39, 0.29) is 11.8 Å². The molecule has 1 fully saturated rings. The number of hydroxylamine groups is 2. The SMILES string of the molecule is CC(=O)ON(/C=C(\C=N\N)C(N)=O)/C(C)=N\C1CO1. The molecule has 9 nitrogen and oxygen atoms in total. The second kappa shape index (κ2) is 6.50. The highest BCUT2D eigenvalue weighted by molar-refractivity contribution is 6.11. The van der Waals surface area contributed by atoms with Crippen molar-refractivity contribution in [1.29, 1.82) is 0 Å². The summed E-state index contributed by atoms with van der Waals surface area (Å²) < 4.78 is 4.92. The molecule has 0 aromatic heterocycles. The molecule has 0 aromatic carbocycles. The Kier molecular flexibility index (Phi) is 5.01. The number of hydrazone groups is 1. The number of hydrogen-bond donors (Lipinski definition) is 2. The van der Waals surface area contributed by atoms with Gasteiger partial charge in [0.25, 0.3) is 5.91 Å². The highest BCUT2D eigenvalue weighted by atomic mass is 16.7. The van der Waals surface area contributed by atoms with Gasteiger partial charge in [0, 0.05) is 6.92 Å². The first-order valence-corrected chi connectivity index (χ1v) is 5.32. The van der Waals surface area contributed by atoms with Gasteiger partial charge in [-0.15, -0.1) is 0 Å². The van der Waals surface area contributed by atoms with Gasteiger partial charge in [-0.25, -0.2) is 9.79 Å². The molecule has 0 aromatic rings. The van der Waals surface area contributed by atoms with E-state index in [9.17, 15) is 9.59 Å². The van der Waals surface area contributed by atoms with Crippen LogP contribution < -0.4 is 11.6 Å². The number of nitrogens with zero attached hydrogens (tertiary/aromatic N) is 3. The maximum atomic E-state index is 11.1. The molecule has 0 spiro atoms. The number of carbonyl (C=O) groups excluding carboxylic acids is 2. The van der Waals surface area contributed by atoms with Crippen molar-refractivity contribution in [2.75, 3.05) is 6.61 Å². The summed E-state index contributed by atoms with van der Waals surface area (Å²) in [6, 6.07) is 0. The van der Waals surface area contributed by atoms with Gasteiger partial charge in [-0.2, -0.15) is 10.2 Å². The summed E-state index contributed by atoms with van der Waals surface area (Å²) in [6.45, 7) is 3.30. The summed E-state index contributed by atoms with van der Waals surface area (Å²) in [7, 11) is 0. The van der Waals surface area contributed by atoms with Crippen molar-refractivity contribution < 1.29 is 19.2 Å².